The third-order valence-electron chi connectivity index (χ3n) is 5.51. The van der Waals surface area contributed by atoms with Gasteiger partial charge in [0, 0.05) is 24.5 Å². The summed E-state index contributed by atoms with van der Waals surface area (Å²) in [5, 5.41) is 0. The quantitative estimate of drug-likeness (QED) is 0.536. The molecule has 3 heterocycles. The van der Waals surface area contributed by atoms with Gasteiger partial charge in [-0.1, -0.05) is 6.07 Å². The summed E-state index contributed by atoms with van der Waals surface area (Å²) in [6.07, 6.45) is -1.62. The van der Waals surface area contributed by atoms with Crippen molar-refractivity contribution in [2.45, 2.75) is 37.6 Å². The average molecular weight is 413 g/mol. The Morgan fingerprint density at radius 3 is 2.64 bits per heavy atom. The van der Waals surface area contributed by atoms with Crippen LogP contribution in [0.2, 0.25) is 0 Å². The minimum absolute atomic E-state index is 0.330. The molecular formula is C20H19F4NO2S. The maximum atomic E-state index is 13.5. The summed E-state index contributed by atoms with van der Waals surface area (Å²) in [4.78, 5) is 15.0. The molecule has 4 rings (SSSR count). The summed E-state index contributed by atoms with van der Waals surface area (Å²) in [5.74, 6) is -1.25. The van der Waals surface area contributed by atoms with Crippen LogP contribution in [0.25, 0.3) is 0 Å². The summed E-state index contributed by atoms with van der Waals surface area (Å²) < 4.78 is 58.4. The number of likely N-dealkylation sites (tertiary alicyclic amines) is 1. The van der Waals surface area contributed by atoms with Gasteiger partial charge in [-0.15, -0.1) is 11.3 Å². The number of nitrogens with zero attached hydrogens (tertiary/aromatic N) is 1. The first kappa shape index (κ1) is 19.5. The van der Waals surface area contributed by atoms with Crippen LogP contribution >= 0.6 is 11.3 Å². The summed E-state index contributed by atoms with van der Waals surface area (Å²) in [6, 6.07) is 5.11. The lowest BCUT2D eigenvalue weighted by molar-refractivity contribution is -0.140. The van der Waals surface area contributed by atoms with Crippen LogP contribution in [0.15, 0.2) is 24.3 Å². The van der Waals surface area contributed by atoms with E-state index in [2.05, 4.69) is 4.90 Å². The molecule has 1 spiro atoms. The van der Waals surface area contributed by atoms with E-state index in [4.69, 9.17) is 4.74 Å². The lowest BCUT2D eigenvalue weighted by Gasteiger charge is -2.43. The van der Waals surface area contributed by atoms with E-state index in [1.165, 1.54) is 23.0 Å². The van der Waals surface area contributed by atoms with Gasteiger partial charge >= 0.3 is 6.18 Å². The Kier molecular flexibility index (Phi) is 5.05. The molecule has 1 aromatic carbocycles. The molecule has 0 radical (unpaired) electrons. The number of hydrogen-bond acceptors (Lipinski definition) is 4. The van der Waals surface area contributed by atoms with Gasteiger partial charge in [-0.05, 0) is 48.6 Å². The topological polar surface area (TPSA) is 29.5 Å². The van der Waals surface area contributed by atoms with Gasteiger partial charge in [-0.2, -0.15) is 13.2 Å². The molecule has 0 N–H and O–H groups in total. The number of piperidine rings is 1. The van der Waals surface area contributed by atoms with E-state index in [0.717, 1.165) is 29.7 Å². The highest BCUT2D eigenvalue weighted by Gasteiger charge is 2.42. The molecule has 3 nitrogen and oxygen atoms in total. The van der Waals surface area contributed by atoms with Crippen molar-refractivity contribution in [3.8, 4) is 0 Å². The standard InChI is InChI=1S/C20H19F4NO2S/c21-17-2-1-13(9-16(17)20(22,23)24)11-25-6-4-19(5-7-25)18-14(3-8-27-19)10-15(12-26)28-18/h1-2,9-10,12H,3-8,11H2. The van der Waals surface area contributed by atoms with E-state index in [1.807, 2.05) is 6.07 Å². The molecule has 0 saturated carbocycles. The fourth-order valence-electron chi connectivity index (χ4n) is 4.09. The van der Waals surface area contributed by atoms with Crippen LogP contribution in [0.4, 0.5) is 17.6 Å². The highest BCUT2D eigenvalue weighted by atomic mass is 32.1. The molecule has 0 aliphatic carbocycles. The van der Waals surface area contributed by atoms with Gasteiger partial charge in [-0.3, -0.25) is 9.69 Å². The number of ether oxygens (including phenoxy) is 1. The number of alkyl halides is 3. The van der Waals surface area contributed by atoms with Crippen LogP contribution in [0, 0.1) is 5.82 Å². The van der Waals surface area contributed by atoms with Crippen molar-refractivity contribution in [1.29, 1.82) is 0 Å². The number of carbonyl (C=O) groups is 1. The van der Waals surface area contributed by atoms with E-state index >= 15 is 0 Å². The van der Waals surface area contributed by atoms with Crippen molar-refractivity contribution in [3.63, 3.8) is 0 Å². The van der Waals surface area contributed by atoms with Gasteiger partial charge in [0.15, 0.2) is 6.29 Å². The van der Waals surface area contributed by atoms with Gasteiger partial charge in [0.05, 0.1) is 17.0 Å². The highest BCUT2D eigenvalue weighted by Crippen LogP contribution is 2.45. The minimum atomic E-state index is -4.70. The zero-order valence-corrected chi connectivity index (χ0v) is 15.8. The Labute approximate surface area is 163 Å². The van der Waals surface area contributed by atoms with Crippen molar-refractivity contribution in [3.05, 3.63) is 56.5 Å². The second-order valence-electron chi connectivity index (χ2n) is 7.30. The average Bonchev–Trinajstić information content (AvgIpc) is 3.09. The molecule has 28 heavy (non-hydrogen) atoms. The lowest BCUT2D eigenvalue weighted by Crippen LogP contribution is -2.45. The first-order chi connectivity index (χ1) is 13.3. The number of halogens is 4. The highest BCUT2D eigenvalue weighted by molar-refractivity contribution is 7.14. The van der Waals surface area contributed by atoms with Crippen molar-refractivity contribution < 1.29 is 27.1 Å². The van der Waals surface area contributed by atoms with Crippen molar-refractivity contribution in [2.75, 3.05) is 19.7 Å². The zero-order valence-electron chi connectivity index (χ0n) is 15.0. The maximum absolute atomic E-state index is 13.5. The second kappa shape index (κ2) is 7.24. The summed E-state index contributed by atoms with van der Waals surface area (Å²) >= 11 is 1.47. The molecule has 2 aromatic rings. The molecule has 2 aliphatic rings. The van der Waals surface area contributed by atoms with Gasteiger partial charge in [0.25, 0.3) is 0 Å². The van der Waals surface area contributed by atoms with Gasteiger partial charge in [0.1, 0.15) is 11.4 Å². The smallest absolute Gasteiger partial charge is 0.369 e. The molecule has 1 aromatic heterocycles. The van der Waals surface area contributed by atoms with E-state index in [0.29, 0.717) is 49.5 Å². The van der Waals surface area contributed by atoms with Crippen molar-refractivity contribution in [2.24, 2.45) is 0 Å². The molecule has 8 heteroatoms. The SMILES string of the molecule is O=Cc1cc2c(s1)C1(CCN(Cc3ccc(F)c(C(F)(F)F)c3)CC1)OCC2. The van der Waals surface area contributed by atoms with E-state index in [-0.39, 0.29) is 0 Å². The number of fused-ring (bicyclic) bond motifs is 2. The maximum Gasteiger partial charge on any atom is 0.419 e. The van der Waals surface area contributed by atoms with Crippen molar-refractivity contribution in [1.82, 2.24) is 4.90 Å². The van der Waals surface area contributed by atoms with E-state index < -0.39 is 23.2 Å². The number of carbonyl (C=O) groups excluding carboxylic acids is 1. The Morgan fingerprint density at radius 2 is 1.96 bits per heavy atom. The third kappa shape index (κ3) is 3.60. The third-order valence-corrected chi connectivity index (χ3v) is 6.80. The molecule has 150 valence electrons. The molecular weight excluding hydrogens is 394 g/mol. The number of aldehydes is 1. The molecule has 0 unspecified atom stereocenters. The Morgan fingerprint density at radius 1 is 1.21 bits per heavy atom. The Balaban J connectivity index is 1.47. The summed E-state index contributed by atoms with van der Waals surface area (Å²) in [5.41, 5.74) is -0.0243. The number of hydrogen-bond donors (Lipinski definition) is 0. The predicted octanol–water partition coefficient (Wildman–Crippen LogP) is 4.78. The summed E-state index contributed by atoms with van der Waals surface area (Å²) in [7, 11) is 0. The molecule has 0 atom stereocenters. The molecule has 1 saturated heterocycles. The van der Waals surface area contributed by atoms with Crippen molar-refractivity contribution >= 4 is 17.6 Å². The second-order valence-corrected chi connectivity index (χ2v) is 8.39. The van der Waals surface area contributed by atoms with Crippen LogP contribution in [-0.4, -0.2) is 30.9 Å². The molecule has 0 amide bonds. The van der Waals surface area contributed by atoms with Crippen LogP contribution < -0.4 is 0 Å². The van der Waals surface area contributed by atoms with E-state index in [1.54, 1.807) is 0 Å². The van der Waals surface area contributed by atoms with Crippen LogP contribution in [0.1, 0.15) is 44.1 Å². The van der Waals surface area contributed by atoms with Gasteiger partial charge in [-0.25, -0.2) is 4.39 Å². The monoisotopic (exact) mass is 413 g/mol. The molecule has 0 bridgehead atoms. The first-order valence-electron chi connectivity index (χ1n) is 9.11. The predicted molar refractivity (Wildman–Crippen MR) is 97.0 cm³/mol. The molecule has 1 fully saturated rings. The zero-order chi connectivity index (χ0) is 19.9. The normalized spacial score (nSPS) is 19.6. The van der Waals surface area contributed by atoms with Gasteiger partial charge in [0.2, 0.25) is 0 Å². The lowest BCUT2D eigenvalue weighted by atomic mass is 9.85. The fourth-order valence-corrected chi connectivity index (χ4v) is 5.32. The van der Waals surface area contributed by atoms with Gasteiger partial charge < -0.3 is 4.74 Å². The number of rotatable bonds is 3. The Hall–Kier alpha value is -1.77. The first-order valence-corrected chi connectivity index (χ1v) is 9.93. The fraction of sp³-hybridized carbons (Fsp3) is 0.450. The minimum Gasteiger partial charge on any atom is -0.369 e. The number of benzene rings is 1. The van der Waals surface area contributed by atoms with Crippen LogP contribution in [0.3, 0.4) is 0 Å². The van der Waals surface area contributed by atoms with E-state index in [9.17, 15) is 22.4 Å². The number of thiophene rings is 1. The Bertz CT molecular complexity index is 885. The largest absolute Gasteiger partial charge is 0.419 e. The summed E-state index contributed by atoms with van der Waals surface area (Å²) in [6.45, 7) is 2.25. The van der Waals surface area contributed by atoms with Crippen LogP contribution in [0.5, 0.6) is 0 Å². The molecule has 2 aliphatic heterocycles. The van der Waals surface area contributed by atoms with Crippen LogP contribution in [-0.2, 0) is 29.5 Å².